The first kappa shape index (κ1) is 10.6. The monoisotopic (exact) mass is 225 g/mol. The first-order valence-corrected chi connectivity index (χ1v) is 4.55. The molecule has 0 aliphatic carbocycles. The standard InChI is InChI=1S/C9H9F2N5/c10-9(11,5-12)7-2-1-3-8(4-7)16-6-13-14-15-16/h1-4,6H,5,12H2. The SMILES string of the molecule is NCC(F)(F)c1cccc(-n2cnnn2)c1. The third-order valence-electron chi connectivity index (χ3n) is 2.14. The van der Waals surface area contributed by atoms with Gasteiger partial charge in [-0.1, -0.05) is 12.1 Å². The molecule has 2 aromatic rings. The summed E-state index contributed by atoms with van der Waals surface area (Å²) < 4.78 is 27.9. The fourth-order valence-electron chi connectivity index (χ4n) is 1.27. The molecule has 0 bridgehead atoms. The zero-order valence-electron chi connectivity index (χ0n) is 8.22. The lowest BCUT2D eigenvalue weighted by Crippen LogP contribution is -2.25. The number of aromatic nitrogens is 4. The topological polar surface area (TPSA) is 69.6 Å². The molecule has 0 fully saturated rings. The van der Waals surface area contributed by atoms with Crippen molar-refractivity contribution in [2.75, 3.05) is 6.54 Å². The zero-order chi connectivity index (χ0) is 11.6. The maximum absolute atomic E-state index is 13.3. The van der Waals surface area contributed by atoms with E-state index in [4.69, 9.17) is 5.73 Å². The van der Waals surface area contributed by atoms with Crippen molar-refractivity contribution in [1.29, 1.82) is 0 Å². The summed E-state index contributed by atoms with van der Waals surface area (Å²) in [6.45, 7) is -0.730. The third-order valence-corrected chi connectivity index (χ3v) is 2.14. The van der Waals surface area contributed by atoms with Crippen molar-refractivity contribution in [3.8, 4) is 5.69 Å². The lowest BCUT2D eigenvalue weighted by Gasteiger charge is -2.14. The number of hydrogen-bond acceptors (Lipinski definition) is 4. The summed E-state index contributed by atoms with van der Waals surface area (Å²) in [5, 5.41) is 10.5. The van der Waals surface area contributed by atoms with E-state index in [1.165, 1.54) is 29.2 Å². The van der Waals surface area contributed by atoms with Crippen molar-refractivity contribution in [1.82, 2.24) is 20.2 Å². The van der Waals surface area contributed by atoms with Gasteiger partial charge in [0.25, 0.3) is 5.92 Å². The maximum atomic E-state index is 13.3. The van der Waals surface area contributed by atoms with Crippen LogP contribution >= 0.6 is 0 Å². The second kappa shape index (κ2) is 3.93. The molecule has 1 aromatic carbocycles. The highest BCUT2D eigenvalue weighted by Crippen LogP contribution is 2.27. The summed E-state index contributed by atoms with van der Waals surface area (Å²) >= 11 is 0. The van der Waals surface area contributed by atoms with E-state index in [0.717, 1.165) is 0 Å². The molecule has 0 spiro atoms. The van der Waals surface area contributed by atoms with Gasteiger partial charge in [-0.25, -0.2) is 4.68 Å². The second-order valence-corrected chi connectivity index (χ2v) is 3.21. The predicted octanol–water partition coefficient (Wildman–Crippen LogP) is 0.713. The lowest BCUT2D eigenvalue weighted by molar-refractivity contribution is 0.00594. The minimum atomic E-state index is -3.04. The molecule has 7 heteroatoms. The lowest BCUT2D eigenvalue weighted by atomic mass is 10.1. The molecule has 1 heterocycles. The van der Waals surface area contributed by atoms with Gasteiger partial charge < -0.3 is 5.73 Å². The van der Waals surface area contributed by atoms with E-state index >= 15 is 0 Å². The Kier molecular flexibility index (Phi) is 2.61. The number of alkyl halides is 2. The van der Waals surface area contributed by atoms with Crippen LogP contribution in [0.1, 0.15) is 5.56 Å². The van der Waals surface area contributed by atoms with Crippen molar-refractivity contribution >= 4 is 0 Å². The molecular weight excluding hydrogens is 216 g/mol. The first-order chi connectivity index (χ1) is 7.63. The van der Waals surface area contributed by atoms with Crippen LogP contribution in [0.3, 0.4) is 0 Å². The number of nitrogens with zero attached hydrogens (tertiary/aromatic N) is 4. The van der Waals surface area contributed by atoms with Gasteiger partial charge in [-0.3, -0.25) is 0 Å². The summed E-state index contributed by atoms with van der Waals surface area (Å²) in [4.78, 5) is 0. The highest BCUT2D eigenvalue weighted by Gasteiger charge is 2.29. The van der Waals surface area contributed by atoms with Crippen LogP contribution in [0.4, 0.5) is 8.78 Å². The largest absolute Gasteiger partial charge is 0.325 e. The Bertz CT molecular complexity index is 469. The number of halogens is 2. The molecule has 0 saturated heterocycles. The Labute approximate surface area is 89.9 Å². The Morgan fingerprint density at radius 2 is 2.19 bits per heavy atom. The first-order valence-electron chi connectivity index (χ1n) is 4.55. The Morgan fingerprint density at radius 1 is 1.38 bits per heavy atom. The van der Waals surface area contributed by atoms with E-state index in [9.17, 15) is 8.78 Å². The Morgan fingerprint density at radius 3 is 2.81 bits per heavy atom. The van der Waals surface area contributed by atoms with Gasteiger partial charge >= 0.3 is 0 Å². The molecule has 2 N–H and O–H groups in total. The molecule has 0 unspecified atom stereocenters. The van der Waals surface area contributed by atoms with Gasteiger partial charge in [0.1, 0.15) is 6.33 Å². The molecule has 0 aliphatic rings. The minimum Gasteiger partial charge on any atom is -0.325 e. The van der Waals surface area contributed by atoms with Gasteiger partial charge in [0.2, 0.25) is 0 Å². The summed E-state index contributed by atoms with van der Waals surface area (Å²) in [7, 11) is 0. The smallest absolute Gasteiger partial charge is 0.285 e. The highest BCUT2D eigenvalue weighted by molar-refractivity contribution is 5.36. The van der Waals surface area contributed by atoms with E-state index in [1.54, 1.807) is 6.07 Å². The van der Waals surface area contributed by atoms with E-state index in [-0.39, 0.29) is 5.56 Å². The number of benzene rings is 1. The zero-order valence-corrected chi connectivity index (χ0v) is 8.22. The van der Waals surface area contributed by atoms with Crippen molar-refractivity contribution in [2.45, 2.75) is 5.92 Å². The van der Waals surface area contributed by atoms with Crippen molar-refractivity contribution in [2.24, 2.45) is 5.73 Å². The summed E-state index contributed by atoms with van der Waals surface area (Å²) in [6.07, 6.45) is 1.33. The van der Waals surface area contributed by atoms with Gasteiger partial charge in [-0.2, -0.15) is 8.78 Å². The summed E-state index contributed by atoms with van der Waals surface area (Å²) in [5.41, 5.74) is 5.33. The molecule has 0 radical (unpaired) electrons. The number of rotatable bonds is 3. The normalized spacial score (nSPS) is 11.7. The number of hydrogen-bond donors (Lipinski definition) is 1. The molecular formula is C9H9F2N5. The average Bonchev–Trinajstić information content (AvgIpc) is 2.83. The van der Waals surface area contributed by atoms with Crippen molar-refractivity contribution < 1.29 is 8.78 Å². The van der Waals surface area contributed by atoms with Gasteiger partial charge in [-0.15, -0.1) is 5.10 Å². The van der Waals surface area contributed by atoms with Crippen molar-refractivity contribution in [3.63, 3.8) is 0 Å². The highest BCUT2D eigenvalue weighted by atomic mass is 19.3. The van der Waals surface area contributed by atoms with Crippen LogP contribution in [-0.2, 0) is 5.92 Å². The van der Waals surface area contributed by atoms with Crippen LogP contribution in [0.5, 0.6) is 0 Å². The Hall–Kier alpha value is -1.89. The quantitative estimate of drug-likeness (QED) is 0.835. The predicted molar refractivity (Wildman–Crippen MR) is 52.1 cm³/mol. The van der Waals surface area contributed by atoms with Crippen LogP contribution in [0, 0.1) is 0 Å². The molecule has 16 heavy (non-hydrogen) atoms. The maximum Gasteiger partial charge on any atom is 0.285 e. The van der Waals surface area contributed by atoms with Crippen LogP contribution in [0.25, 0.3) is 5.69 Å². The van der Waals surface area contributed by atoms with Crippen molar-refractivity contribution in [3.05, 3.63) is 36.2 Å². The van der Waals surface area contributed by atoms with Crippen LogP contribution in [0.2, 0.25) is 0 Å². The average molecular weight is 225 g/mol. The molecule has 0 saturated carbocycles. The fourth-order valence-corrected chi connectivity index (χ4v) is 1.27. The van der Waals surface area contributed by atoms with Crippen LogP contribution in [-0.4, -0.2) is 26.8 Å². The number of nitrogens with two attached hydrogens (primary N) is 1. The molecule has 1 aromatic heterocycles. The Balaban J connectivity index is 2.41. The van der Waals surface area contributed by atoms with E-state index in [0.29, 0.717) is 5.69 Å². The second-order valence-electron chi connectivity index (χ2n) is 3.21. The van der Waals surface area contributed by atoms with E-state index in [2.05, 4.69) is 15.5 Å². The van der Waals surface area contributed by atoms with Gasteiger partial charge in [0.05, 0.1) is 12.2 Å². The molecule has 2 rings (SSSR count). The summed E-state index contributed by atoms with van der Waals surface area (Å²) in [5.74, 6) is -3.04. The van der Waals surface area contributed by atoms with Gasteiger partial charge in [0.15, 0.2) is 0 Å². The van der Waals surface area contributed by atoms with Gasteiger partial charge in [-0.05, 0) is 22.6 Å². The molecule has 0 atom stereocenters. The molecule has 84 valence electrons. The minimum absolute atomic E-state index is 0.150. The van der Waals surface area contributed by atoms with Crippen LogP contribution in [0.15, 0.2) is 30.6 Å². The van der Waals surface area contributed by atoms with E-state index < -0.39 is 12.5 Å². The van der Waals surface area contributed by atoms with Gasteiger partial charge in [0, 0.05) is 5.56 Å². The summed E-state index contributed by atoms with van der Waals surface area (Å²) in [6, 6.07) is 5.77. The fraction of sp³-hybridized carbons (Fsp3) is 0.222. The third kappa shape index (κ3) is 1.89. The molecule has 0 amide bonds. The van der Waals surface area contributed by atoms with Crippen LogP contribution < -0.4 is 5.73 Å². The molecule has 0 aliphatic heterocycles. The van der Waals surface area contributed by atoms with E-state index in [1.807, 2.05) is 0 Å². The number of tetrazole rings is 1. The molecule has 5 nitrogen and oxygen atoms in total.